The fourth-order valence-corrected chi connectivity index (χ4v) is 6.21. The molecule has 0 saturated heterocycles. The van der Waals surface area contributed by atoms with Crippen molar-refractivity contribution in [2.24, 2.45) is 0 Å². The number of urea groups is 1. The number of hydrogen-bond donors (Lipinski definition) is 3. The summed E-state index contributed by atoms with van der Waals surface area (Å²) in [6, 6.07) is 1.24. The average molecular weight is 578 g/mol. The van der Waals surface area contributed by atoms with Gasteiger partial charge in [0.05, 0.1) is 0 Å². The molecule has 3 amide bonds. The normalized spacial score (nSPS) is 14.5. The highest BCUT2D eigenvalue weighted by atomic mass is 28.4. The summed E-state index contributed by atoms with van der Waals surface area (Å²) in [6.07, 6.45) is 11.1. The van der Waals surface area contributed by atoms with E-state index in [2.05, 4.69) is 19.2 Å². The molecule has 0 aliphatic rings. The third kappa shape index (κ3) is 19.1. The molecule has 0 spiro atoms. The highest BCUT2D eigenvalue weighted by Crippen LogP contribution is 2.13. The zero-order valence-electron chi connectivity index (χ0n) is 25.4. The van der Waals surface area contributed by atoms with Crippen molar-refractivity contribution in [3.63, 3.8) is 0 Å². The monoisotopic (exact) mass is 577 g/mol. The highest BCUT2D eigenvalue weighted by Gasteiger charge is 2.26. The predicted molar refractivity (Wildman–Crippen MR) is 160 cm³/mol. The van der Waals surface area contributed by atoms with Gasteiger partial charge >= 0.3 is 23.2 Å². The number of amides is 3. The number of rotatable bonds is 24. The molecule has 3 N–H and O–H groups in total. The van der Waals surface area contributed by atoms with E-state index in [9.17, 15) is 19.2 Å². The van der Waals surface area contributed by atoms with Crippen LogP contribution in [-0.2, 0) is 13.6 Å². The van der Waals surface area contributed by atoms with Crippen molar-refractivity contribution in [3.8, 4) is 0 Å². The van der Waals surface area contributed by atoms with Crippen LogP contribution in [0.4, 0.5) is 4.79 Å². The van der Waals surface area contributed by atoms with Crippen LogP contribution in [0.1, 0.15) is 90.9 Å². The second-order valence-corrected chi connectivity index (χ2v) is 17.3. The Labute approximate surface area is 235 Å². The Hall–Kier alpha value is -0.986. The Bertz CT molecular complexity index is 574. The molecule has 0 fully saturated rings. The SMILES string of the molecule is CCCCN(CCC[Si](C)(O)OC)C(=O)CCCCCCCNC(=O)N(CCCC)CCC[Si](C)(O)OC. The van der Waals surface area contributed by atoms with E-state index in [1.807, 2.05) is 9.80 Å². The molecule has 0 radical (unpaired) electrons. The van der Waals surface area contributed by atoms with Gasteiger partial charge in [-0.05, 0) is 63.7 Å². The summed E-state index contributed by atoms with van der Waals surface area (Å²) < 4.78 is 10.4. The van der Waals surface area contributed by atoms with Crippen molar-refractivity contribution >= 4 is 29.1 Å². The first-order valence-electron chi connectivity index (χ1n) is 14.9. The van der Waals surface area contributed by atoms with Gasteiger partial charge in [0.1, 0.15) is 0 Å². The van der Waals surface area contributed by atoms with Gasteiger partial charge in [-0.25, -0.2) is 4.79 Å². The fourth-order valence-electron chi connectivity index (χ4n) is 4.17. The molecule has 2 unspecified atom stereocenters. The Morgan fingerprint density at radius 1 is 0.684 bits per heavy atom. The number of nitrogens with one attached hydrogen (secondary N) is 1. The lowest BCUT2D eigenvalue weighted by molar-refractivity contribution is -0.131. The van der Waals surface area contributed by atoms with E-state index in [0.29, 0.717) is 38.1 Å². The lowest BCUT2D eigenvalue weighted by Crippen LogP contribution is -2.42. The molecule has 226 valence electrons. The molecule has 0 aromatic carbocycles. The van der Waals surface area contributed by atoms with Crippen LogP contribution in [0, 0.1) is 0 Å². The van der Waals surface area contributed by atoms with Crippen LogP contribution in [0.5, 0.6) is 0 Å². The van der Waals surface area contributed by atoms with E-state index in [-0.39, 0.29) is 11.9 Å². The van der Waals surface area contributed by atoms with Gasteiger partial charge in [0.15, 0.2) is 0 Å². The van der Waals surface area contributed by atoms with Gasteiger partial charge in [-0.1, -0.05) is 46.0 Å². The summed E-state index contributed by atoms with van der Waals surface area (Å²) >= 11 is 0. The van der Waals surface area contributed by atoms with E-state index in [0.717, 1.165) is 83.7 Å². The van der Waals surface area contributed by atoms with Gasteiger partial charge in [0, 0.05) is 53.4 Å². The van der Waals surface area contributed by atoms with Crippen LogP contribution in [0.25, 0.3) is 0 Å². The summed E-state index contributed by atoms with van der Waals surface area (Å²) in [5.74, 6) is 0.214. The number of hydrogen-bond acceptors (Lipinski definition) is 6. The first-order valence-corrected chi connectivity index (χ1v) is 20.0. The third-order valence-corrected chi connectivity index (χ3v) is 11.4. The van der Waals surface area contributed by atoms with Crippen LogP contribution in [0.15, 0.2) is 0 Å². The van der Waals surface area contributed by atoms with Crippen molar-refractivity contribution in [2.75, 3.05) is 46.9 Å². The lowest BCUT2D eigenvalue weighted by Gasteiger charge is -2.25. The fraction of sp³-hybridized carbons (Fsp3) is 0.926. The van der Waals surface area contributed by atoms with Crippen LogP contribution >= 0.6 is 0 Å². The molecular weight excluding hydrogens is 518 g/mol. The maximum Gasteiger partial charge on any atom is 0.332 e. The van der Waals surface area contributed by atoms with Crippen molar-refractivity contribution in [1.29, 1.82) is 0 Å². The molecule has 0 aliphatic heterocycles. The topological polar surface area (TPSA) is 112 Å². The van der Waals surface area contributed by atoms with Crippen molar-refractivity contribution in [1.82, 2.24) is 15.1 Å². The summed E-state index contributed by atoms with van der Waals surface area (Å²) in [5, 5.41) is 3.05. The zero-order chi connectivity index (χ0) is 28.9. The number of nitrogens with zero attached hydrogens (tertiary/aromatic N) is 2. The molecule has 2 atom stereocenters. The second-order valence-electron chi connectivity index (χ2n) is 10.8. The first-order chi connectivity index (χ1) is 18.0. The second kappa shape index (κ2) is 21.8. The minimum atomic E-state index is -2.59. The first kappa shape index (κ1) is 37.0. The van der Waals surface area contributed by atoms with Gasteiger partial charge in [0.25, 0.3) is 0 Å². The zero-order valence-corrected chi connectivity index (χ0v) is 27.4. The van der Waals surface area contributed by atoms with E-state index < -0.39 is 17.1 Å². The number of carbonyl (C=O) groups is 2. The minimum absolute atomic E-state index is 0.0235. The summed E-state index contributed by atoms with van der Waals surface area (Å²) in [7, 11) is -2.05. The van der Waals surface area contributed by atoms with Gasteiger partial charge in [-0.2, -0.15) is 0 Å². The smallest absolute Gasteiger partial charge is 0.332 e. The minimum Gasteiger partial charge on any atom is -0.411 e. The van der Waals surface area contributed by atoms with Crippen molar-refractivity contribution in [2.45, 2.75) is 116 Å². The largest absolute Gasteiger partial charge is 0.411 e. The van der Waals surface area contributed by atoms with Crippen LogP contribution in [-0.4, -0.2) is 95.4 Å². The Balaban J connectivity index is 4.19. The standard InChI is InChI=1S/C27H59N3O6Si2/c1-7-9-20-29(22-16-24-37(5,33)35-3)26(31)18-14-12-11-13-15-19-28-27(32)30(21-10-8-2)23-17-25-38(6,34)36-4/h33-34H,7-25H2,1-6H3,(H,28,32). The van der Waals surface area contributed by atoms with Crippen LogP contribution in [0.3, 0.4) is 0 Å². The molecule has 0 heterocycles. The number of unbranched alkanes of at least 4 members (excludes halogenated alkanes) is 6. The molecule has 0 aromatic heterocycles. The van der Waals surface area contributed by atoms with Crippen LogP contribution in [0.2, 0.25) is 25.2 Å². The van der Waals surface area contributed by atoms with Crippen molar-refractivity contribution in [3.05, 3.63) is 0 Å². The van der Waals surface area contributed by atoms with Gasteiger partial charge < -0.3 is 33.6 Å². The Morgan fingerprint density at radius 3 is 1.66 bits per heavy atom. The Kier molecular flexibility index (Phi) is 21.2. The molecule has 11 heteroatoms. The molecular formula is C27H59N3O6Si2. The van der Waals surface area contributed by atoms with E-state index in [1.54, 1.807) is 27.3 Å². The molecule has 38 heavy (non-hydrogen) atoms. The van der Waals surface area contributed by atoms with E-state index in [4.69, 9.17) is 8.85 Å². The molecule has 0 aliphatic carbocycles. The van der Waals surface area contributed by atoms with E-state index in [1.165, 1.54) is 0 Å². The molecule has 9 nitrogen and oxygen atoms in total. The maximum atomic E-state index is 12.7. The molecule has 0 saturated carbocycles. The summed E-state index contributed by atoms with van der Waals surface area (Å²) in [5.41, 5.74) is 0. The predicted octanol–water partition coefficient (Wildman–Crippen LogP) is 4.97. The van der Waals surface area contributed by atoms with Crippen LogP contribution < -0.4 is 5.32 Å². The quantitative estimate of drug-likeness (QED) is 0.110. The van der Waals surface area contributed by atoms with Gasteiger partial charge in [0.2, 0.25) is 5.91 Å². The molecule has 0 aromatic rings. The molecule has 0 bridgehead atoms. The number of carbonyl (C=O) groups excluding carboxylic acids is 2. The third-order valence-electron chi connectivity index (χ3n) is 7.06. The Morgan fingerprint density at radius 2 is 1.13 bits per heavy atom. The summed E-state index contributed by atoms with van der Waals surface area (Å²) in [4.78, 5) is 49.5. The highest BCUT2D eigenvalue weighted by molar-refractivity contribution is 6.64. The van der Waals surface area contributed by atoms with Gasteiger partial charge in [-0.3, -0.25) is 4.79 Å². The average Bonchev–Trinajstić information content (AvgIpc) is 2.89. The van der Waals surface area contributed by atoms with Crippen molar-refractivity contribution < 1.29 is 28.0 Å². The van der Waals surface area contributed by atoms with Gasteiger partial charge in [-0.15, -0.1) is 0 Å². The lowest BCUT2D eigenvalue weighted by atomic mass is 10.1. The molecule has 0 rings (SSSR count). The van der Waals surface area contributed by atoms with E-state index >= 15 is 0 Å². The summed E-state index contributed by atoms with van der Waals surface area (Å²) in [6.45, 7) is 11.3. The maximum absolute atomic E-state index is 12.7.